The third kappa shape index (κ3) is 3.09. The highest BCUT2D eigenvalue weighted by Gasteiger charge is 2.03. The Hall–Kier alpha value is -1.84. The molecule has 0 amide bonds. The molecule has 1 rings (SSSR count). The number of benzene rings is 1. The lowest BCUT2D eigenvalue weighted by atomic mass is 10.1. The van der Waals surface area contributed by atoms with Crippen molar-refractivity contribution in [2.45, 2.75) is 6.42 Å². The normalized spacial score (nSPS) is 10.5. The molecule has 1 aromatic rings. The smallest absolute Gasteiger partial charge is 0.309 e. The number of methoxy groups -OCH3 is 1. The first-order chi connectivity index (χ1) is 7.15. The van der Waals surface area contributed by atoms with E-state index in [1.165, 1.54) is 37.5 Å². The molecule has 0 aromatic heterocycles. The Morgan fingerprint density at radius 1 is 1.60 bits per heavy atom. The molecule has 0 saturated carbocycles. The van der Waals surface area contributed by atoms with Gasteiger partial charge in [0.1, 0.15) is 11.6 Å². The maximum atomic E-state index is 13.1. The van der Waals surface area contributed by atoms with E-state index in [0.717, 1.165) is 0 Å². The lowest BCUT2D eigenvalue weighted by Crippen LogP contribution is -1.96. The van der Waals surface area contributed by atoms with Crippen molar-refractivity contribution in [2.24, 2.45) is 0 Å². The summed E-state index contributed by atoms with van der Waals surface area (Å²) in [5.41, 5.74) is 0.0707. The van der Waals surface area contributed by atoms with E-state index in [-0.39, 0.29) is 17.7 Å². The topological polar surface area (TPSA) is 46.5 Å². The fourth-order valence-corrected chi connectivity index (χ4v) is 1.05. The average Bonchev–Trinajstić information content (AvgIpc) is 2.22. The molecule has 0 bridgehead atoms. The molecule has 0 atom stereocenters. The first-order valence-corrected chi connectivity index (χ1v) is 4.36. The molecule has 3 nitrogen and oxygen atoms in total. The minimum Gasteiger partial charge on any atom is -0.507 e. The van der Waals surface area contributed by atoms with Gasteiger partial charge in [0.15, 0.2) is 0 Å². The summed E-state index contributed by atoms with van der Waals surface area (Å²) < 4.78 is 17.5. The van der Waals surface area contributed by atoms with Gasteiger partial charge in [-0.05, 0) is 12.1 Å². The number of aromatic hydroxyl groups is 1. The van der Waals surface area contributed by atoms with Crippen LogP contribution >= 0.6 is 0 Å². The van der Waals surface area contributed by atoms with Gasteiger partial charge in [-0.25, -0.2) is 4.39 Å². The van der Waals surface area contributed by atoms with Crippen LogP contribution in [0.1, 0.15) is 12.0 Å². The number of carbonyl (C=O) groups excluding carboxylic acids is 1. The molecule has 0 aliphatic rings. The Morgan fingerprint density at radius 3 is 2.93 bits per heavy atom. The standard InChI is InChI=1S/C11H11FO3/c1-15-11(14)7-2-4-8-9(12)5-3-6-10(8)13/h2-6,13H,7H2,1H3. The van der Waals surface area contributed by atoms with Gasteiger partial charge >= 0.3 is 5.97 Å². The second-order valence-electron chi connectivity index (χ2n) is 2.86. The molecule has 4 heteroatoms. The van der Waals surface area contributed by atoms with E-state index in [9.17, 15) is 14.3 Å². The van der Waals surface area contributed by atoms with Gasteiger partial charge in [-0.2, -0.15) is 0 Å². The van der Waals surface area contributed by atoms with Crippen LogP contribution < -0.4 is 0 Å². The Kier molecular flexibility index (Phi) is 3.85. The molecule has 0 aliphatic carbocycles. The number of phenolic OH excluding ortho intramolecular Hbond substituents is 1. The molecule has 0 unspecified atom stereocenters. The predicted molar refractivity (Wildman–Crippen MR) is 53.7 cm³/mol. The van der Waals surface area contributed by atoms with Gasteiger partial charge in [0.05, 0.1) is 19.1 Å². The number of halogens is 1. The molecule has 0 saturated heterocycles. The minimum absolute atomic E-state index is 0.0459. The lowest BCUT2D eigenvalue weighted by Gasteiger charge is -1.99. The van der Waals surface area contributed by atoms with Crippen LogP contribution in [0, 0.1) is 5.82 Å². The summed E-state index contributed by atoms with van der Waals surface area (Å²) >= 11 is 0. The third-order valence-corrected chi connectivity index (χ3v) is 1.83. The van der Waals surface area contributed by atoms with E-state index < -0.39 is 11.8 Å². The zero-order chi connectivity index (χ0) is 11.3. The number of carbonyl (C=O) groups is 1. The van der Waals surface area contributed by atoms with Crippen LogP contribution in [0.2, 0.25) is 0 Å². The molecule has 1 N–H and O–H groups in total. The molecule has 0 heterocycles. The van der Waals surface area contributed by atoms with E-state index in [1.807, 2.05) is 0 Å². The largest absolute Gasteiger partial charge is 0.507 e. The summed E-state index contributed by atoms with van der Waals surface area (Å²) in [5.74, 6) is -1.10. The highest BCUT2D eigenvalue weighted by atomic mass is 19.1. The SMILES string of the molecule is COC(=O)CC=Cc1c(O)cccc1F. The number of esters is 1. The Morgan fingerprint density at radius 2 is 2.33 bits per heavy atom. The van der Waals surface area contributed by atoms with Crippen LogP contribution in [0.5, 0.6) is 5.75 Å². The number of phenols is 1. The van der Waals surface area contributed by atoms with Gasteiger partial charge < -0.3 is 9.84 Å². The Balaban J connectivity index is 2.76. The molecule has 0 radical (unpaired) electrons. The van der Waals surface area contributed by atoms with Gasteiger partial charge in [-0.3, -0.25) is 4.79 Å². The fraction of sp³-hybridized carbons (Fsp3) is 0.182. The highest BCUT2D eigenvalue weighted by molar-refractivity contribution is 5.73. The van der Waals surface area contributed by atoms with Crippen LogP contribution in [0.15, 0.2) is 24.3 Å². The van der Waals surface area contributed by atoms with Crippen LogP contribution in [0.4, 0.5) is 4.39 Å². The summed E-state index contributed by atoms with van der Waals surface area (Å²) in [6, 6.07) is 4.01. The zero-order valence-electron chi connectivity index (χ0n) is 8.24. The summed E-state index contributed by atoms with van der Waals surface area (Å²) in [6.45, 7) is 0. The second kappa shape index (κ2) is 5.14. The molecular formula is C11H11FO3. The number of hydrogen-bond donors (Lipinski definition) is 1. The van der Waals surface area contributed by atoms with Gasteiger partial charge in [-0.15, -0.1) is 0 Å². The zero-order valence-corrected chi connectivity index (χ0v) is 8.24. The fourth-order valence-electron chi connectivity index (χ4n) is 1.05. The van der Waals surface area contributed by atoms with Crippen molar-refractivity contribution in [1.29, 1.82) is 0 Å². The molecule has 0 spiro atoms. The van der Waals surface area contributed by atoms with Crippen molar-refractivity contribution in [3.63, 3.8) is 0 Å². The highest BCUT2D eigenvalue weighted by Crippen LogP contribution is 2.21. The maximum Gasteiger partial charge on any atom is 0.309 e. The van der Waals surface area contributed by atoms with Crippen molar-refractivity contribution in [1.82, 2.24) is 0 Å². The molecule has 0 aliphatic heterocycles. The van der Waals surface area contributed by atoms with Crippen LogP contribution in [-0.2, 0) is 9.53 Å². The number of rotatable bonds is 3. The third-order valence-electron chi connectivity index (χ3n) is 1.83. The molecular weight excluding hydrogens is 199 g/mol. The van der Waals surface area contributed by atoms with Crippen LogP contribution in [0.25, 0.3) is 6.08 Å². The maximum absolute atomic E-state index is 13.1. The van der Waals surface area contributed by atoms with E-state index in [2.05, 4.69) is 4.74 Å². The van der Waals surface area contributed by atoms with Gasteiger partial charge in [-0.1, -0.05) is 18.2 Å². The minimum atomic E-state index is -0.531. The number of hydrogen-bond acceptors (Lipinski definition) is 3. The Labute approximate surface area is 86.8 Å². The van der Waals surface area contributed by atoms with E-state index >= 15 is 0 Å². The van der Waals surface area contributed by atoms with Crippen LogP contribution in [-0.4, -0.2) is 18.2 Å². The van der Waals surface area contributed by atoms with E-state index in [4.69, 9.17) is 0 Å². The molecule has 0 fully saturated rings. The van der Waals surface area contributed by atoms with E-state index in [1.54, 1.807) is 0 Å². The van der Waals surface area contributed by atoms with Gasteiger partial charge in [0.25, 0.3) is 0 Å². The summed E-state index contributed by atoms with van der Waals surface area (Å²) in [4.78, 5) is 10.7. The summed E-state index contributed by atoms with van der Waals surface area (Å²) in [7, 11) is 1.27. The molecule has 1 aromatic carbocycles. The van der Waals surface area contributed by atoms with Crippen molar-refractivity contribution in [3.8, 4) is 5.75 Å². The second-order valence-corrected chi connectivity index (χ2v) is 2.86. The van der Waals surface area contributed by atoms with Crippen molar-refractivity contribution in [2.75, 3.05) is 7.11 Å². The van der Waals surface area contributed by atoms with Gasteiger partial charge in [0.2, 0.25) is 0 Å². The quantitative estimate of drug-likeness (QED) is 0.777. The molecule has 15 heavy (non-hydrogen) atoms. The molecule has 80 valence electrons. The number of ether oxygens (including phenoxy) is 1. The average molecular weight is 210 g/mol. The Bertz CT molecular complexity index is 365. The lowest BCUT2D eigenvalue weighted by molar-refractivity contribution is -0.139. The summed E-state index contributed by atoms with van der Waals surface area (Å²) in [6.07, 6.45) is 2.83. The monoisotopic (exact) mass is 210 g/mol. The van der Waals surface area contributed by atoms with Crippen molar-refractivity contribution >= 4 is 12.0 Å². The van der Waals surface area contributed by atoms with Crippen molar-refractivity contribution in [3.05, 3.63) is 35.7 Å². The first kappa shape index (κ1) is 11.2. The van der Waals surface area contributed by atoms with Crippen LogP contribution in [0.3, 0.4) is 0 Å². The summed E-state index contributed by atoms with van der Waals surface area (Å²) in [5, 5.41) is 9.31. The first-order valence-electron chi connectivity index (χ1n) is 4.36. The van der Waals surface area contributed by atoms with Gasteiger partial charge in [0, 0.05) is 0 Å². The van der Waals surface area contributed by atoms with Crippen molar-refractivity contribution < 1.29 is 19.0 Å². The predicted octanol–water partition coefficient (Wildman–Crippen LogP) is 2.11. The van der Waals surface area contributed by atoms with E-state index in [0.29, 0.717) is 0 Å².